The Bertz CT molecular complexity index is 647. The zero-order valence-corrected chi connectivity index (χ0v) is 14.8. The maximum absolute atomic E-state index is 12.7. The molecule has 0 radical (unpaired) electrons. The number of fused-ring (bicyclic) bond motifs is 1. The number of carbonyl (C=O) groups excluding carboxylic acids is 1. The highest BCUT2D eigenvalue weighted by molar-refractivity contribution is 14.1. The number of likely N-dealkylation sites (N-methyl/N-ethyl adjacent to an activating group) is 1. The number of hydrogen-bond acceptors (Lipinski definition) is 4. The molecule has 0 aromatic heterocycles. The van der Waals surface area contributed by atoms with Crippen molar-refractivity contribution in [2.45, 2.75) is 43.2 Å². The van der Waals surface area contributed by atoms with Gasteiger partial charge in [0.25, 0.3) is 0 Å². The van der Waals surface area contributed by atoms with Crippen molar-refractivity contribution in [1.29, 1.82) is 0 Å². The number of alkyl halides is 1. The second-order valence-corrected chi connectivity index (χ2v) is 7.88. The topological polar surface area (TPSA) is 49.8 Å². The third-order valence-corrected chi connectivity index (χ3v) is 6.22. The molecule has 1 aromatic rings. The molecular weight excluding hydrogens is 393 g/mol. The number of aromatic hydroxyl groups is 1. The molecule has 4 rings (SSSR count). The van der Waals surface area contributed by atoms with Crippen LogP contribution in [-0.4, -0.2) is 46.0 Å². The fourth-order valence-corrected chi connectivity index (χ4v) is 5.12. The molecule has 2 heterocycles. The Kier molecular flexibility index (Phi) is 3.41. The maximum atomic E-state index is 12.7. The van der Waals surface area contributed by atoms with E-state index in [1.165, 1.54) is 5.56 Å². The van der Waals surface area contributed by atoms with Crippen LogP contribution in [0.4, 0.5) is 0 Å². The first-order chi connectivity index (χ1) is 10.6. The first-order valence-corrected chi connectivity index (χ1v) is 9.40. The zero-order chi connectivity index (χ0) is 15.5. The lowest BCUT2D eigenvalue weighted by atomic mass is 9.61. The summed E-state index contributed by atoms with van der Waals surface area (Å²) in [6.07, 6.45) is 3.00. The van der Waals surface area contributed by atoms with Gasteiger partial charge in [-0.05, 0) is 44.5 Å². The van der Waals surface area contributed by atoms with Crippen LogP contribution in [0.25, 0.3) is 0 Å². The highest BCUT2D eigenvalue weighted by Crippen LogP contribution is 2.58. The van der Waals surface area contributed by atoms with Gasteiger partial charge in [0.2, 0.25) is 0 Å². The van der Waals surface area contributed by atoms with Gasteiger partial charge in [-0.25, -0.2) is 0 Å². The molecule has 1 fully saturated rings. The summed E-state index contributed by atoms with van der Waals surface area (Å²) in [5.74, 6) is 0.939. The number of likely N-dealkylation sites (tertiary alicyclic amines) is 1. The standard InChI is InChI=1S/C17H20INO3/c1-19-7-5-17-9-11(19)8-10-2-3-12(20)15(14(10)17)22-16(17)13(21)4-6-18/h2-3,11,16,20H,4-9H2,1H3/t11-,16+,17+/m1/s1. The molecule has 1 aromatic carbocycles. The number of nitrogens with zero attached hydrogens (tertiary/aromatic N) is 1. The SMILES string of the molecule is CN1CC[C@]23C[C@H]1Cc1ccc(O)c(c12)O[C@H]3C(=O)CCI. The lowest BCUT2D eigenvalue weighted by Crippen LogP contribution is -2.57. The Morgan fingerprint density at radius 1 is 1.55 bits per heavy atom. The number of ether oxygens (including phenoxy) is 1. The van der Waals surface area contributed by atoms with E-state index in [-0.39, 0.29) is 16.9 Å². The highest BCUT2D eigenvalue weighted by Gasteiger charge is 2.58. The van der Waals surface area contributed by atoms with E-state index in [2.05, 4.69) is 34.5 Å². The van der Waals surface area contributed by atoms with Crippen molar-refractivity contribution in [3.05, 3.63) is 23.3 Å². The zero-order valence-electron chi connectivity index (χ0n) is 12.6. The van der Waals surface area contributed by atoms with Gasteiger partial charge in [-0.15, -0.1) is 0 Å². The Morgan fingerprint density at radius 3 is 3.14 bits per heavy atom. The van der Waals surface area contributed by atoms with Crippen LogP contribution in [0.15, 0.2) is 12.1 Å². The number of rotatable bonds is 3. The van der Waals surface area contributed by atoms with Crippen molar-refractivity contribution >= 4 is 28.4 Å². The van der Waals surface area contributed by atoms with E-state index in [1.807, 2.05) is 6.07 Å². The van der Waals surface area contributed by atoms with Crippen LogP contribution < -0.4 is 4.74 Å². The number of hydrogen-bond donors (Lipinski definition) is 1. The van der Waals surface area contributed by atoms with Gasteiger partial charge in [-0.2, -0.15) is 0 Å². The minimum absolute atomic E-state index is 0.181. The Hall–Kier alpha value is -0.820. The molecule has 3 aliphatic rings. The lowest BCUT2D eigenvalue weighted by Gasteiger charge is -2.49. The molecule has 5 heteroatoms. The summed E-state index contributed by atoms with van der Waals surface area (Å²) in [5.41, 5.74) is 2.16. The largest absolute Gasteiger partial charge is 0.504 e. The van der Waals surface area contributed by atoms with Gasteiger partial charge in [0.05, 0.1) is 0 Å². The average molecular weight is 413 g/mol. The van der Waals surface area contributed by atoms with Gasteiger partial charge in [0, 0.05) is 27.9 Å². The summed E-state index contributed by atoms with van der Waals surface area (Å²) in [7, 11) is 2.17. The summed E-state index contributed by atoms with van der Waals surface area (Å²) in [5, 5.41) is 10.2. The lowest BCUT2D eigenvalue weighted by molar-refractivity contribution is -0.128. The third kappa shape index (κ3) is 1.87. The summed E-state index contributed by atoms with van der Waals surface area (Å²) in [6.45, 7) is 0.983. The Labute approximate surface area is 144 Å². The van der Waals surface area contributed by atoms with Crippen LogP contribution in [0.3, 0.4) is 0 Å². The number of phenolic OH excluding ortho intramolecular Hbond substituents is 1. The number of piperidine rings is 1. The number of halogens is 1. The minimum Gasteiger partial charge on any atom is -0.504 e. The summed E-state index contributed by atoms with van der Waals surface area (Å²) in [4.78, 5) is 15.1. The minimum atomic E-state index is -0.416. The fourth-order valence-electron chi connectivity index (χ4n) is 4.59. The molecule has 0 amide bonds. The predicted molar refractivity (Wildman–Crippen MR) is 92.1 cm³/mol. The molecule has 1 spiro atoms. The van der Waals surface area contributed by atoms with Gasteiger partial charge >= 0.3 is 0 Å². The number of Topliss-reactive ketones (excluding diaryl/α,β-unsaturated/α-hetero) is 1. The van der Waals surface area contributed by atoms with Crippen LogP contribution in [0, 0.1) is 0 Å². The average Bonchev–Trinajstić information content (AvgIpc) is 2.84. The Morgan fingerprint density at radius 2 is 2.36 bits per heavy atom. The molecule has 1 saturated heterocycles. The maximum Gasteiger partial charge on any atom is 0.174 e. The molecule has 2 aliphatic heterocycles. The third-order valence-electron chi connectivity index (χ3n) is 5.68. The number of ketones is 1. The van der Waals surface area contributed by atoms with E-state index < -0.39 is 6.10 Å². The molecule has 3 atom stereocenters. The van der Waals surface area contributed by atoms with Crippen LogP contribution in [0.1, 0.15) is 30.4 Å². The summed E-state index contributed by atoms with van der Waals surface area (Å²) >= 11 is 2.24. The van der Waals surface area contributed by atoms with Crippen LogP contribution >= 0.6 is 22.6 Å². The highest BCUT2D eigenvalue weighted by atomic mass is 127. The van der Waals surface area contributed by atoms with Gasteiger partial charge < -0.3 is 14.7 Å². The summed E-state index contributed by atoms with van der Waals surface area (Å²) in [6, 6.07) is 4.20. The quantitative estimate of drug-likeness (QED) is 0.611. The number of benzene rings is 1. The normalized spacial score (nSPS) is 32.5. The molecular formula is C17H20INO3. The second kappa shape index (κ2) is 5.09. The molecule has 118 valence electrons. The van der Waals surface area contributed by atoms with Crippen molar-refractivity contribution in [2.75, 3.05) is 18.0 Å². The van der Waals surface area contributed by atoms with Crippen molar-refractivity contribution < 1.29 is 14.6 Å². The first-order valence-electron chi connectivity index (χ1n) is 7.88. The molecule has 22 heavy (non-hydrogen) atoms. The summed E-state index contributed by atoms with van der Waals surface area (Å²) < 4.78 is 6.88. The van der Waals surface area contributed by atoms with E-state index in [0.717, 1.165) is 35.8 Å². The van der Waals surface area contributed by atoms with E-state index >= 15 is 0 Å². The molecule has 0 saturated carbocycles. The van der Waals surface area contributed by atoms with Gasteiger partial charge in [0.1, 0.15) is 0 Å². The van der Waals surface area contributed by atoms with Gasteiger partial charge in [-0.1, -0.05) is 28.7 Å². The number of phenols is 1. The van der Waals surface area contributed by atoms with E-state index in [9.17, 15) is 9.90 Å². The van der Waals surface area contributed by atoms with E-state index in [0.29, 0.717) is 18.2 Å². The fraction of sp³-hybridized carbons (Fsp3) is 0.588. The van der Waals surface area contributed by atoms with Crippen molar-refractivity contribution in [1.82, 2.24) is 4.90 Å². The molecule has 2 bridgehead atoms. The number of carbonyl (C=O) groups is 1. The first kappa shape index (κ1) is 14.8. The van der Waals surface area contributed by atoms with Crippen LogP contribution in [0.5, 0.6) is 11.5 Å². The molecule has 0 unspecified atom stereocenters. The van der Waals surface area contributed by atoms with Crippen molar-refractivity contribution in [3.8, 4) is 11.5 Å². The van der Waals surface area contributed by atoms with Gasteiger partial charge in [0.15, 0.2) is 23.4 Å². The van der Waals surface area contributed by atoms with Gasteiger partial charge in [-0.3, -0.25) is 4.79 Å². The second-order valence-electron chi connectivity index (χ2n) is 6.80. The van der Waals surface area contributed by atoms with Crippen molar-refractivity contribution in [3.63, 3.8) is 0 Å². The molecule has 1 N–H and O–H groups in total. The van der Waals surface area contributed by atoms with E-state index in [4.69, 9.17) is 4.74 Å². The smallest absolute Gasteiger partial charge is 0.174 e. The Balaban J connectivity index is 1.87. The predicted octanol–water partition coefficient (Wildman–Crippen LogP) is 2.44. The van der Waals surface area contributed by atoms with Crippen LogP contribution in [0.2, 0.25) is 0 Å². The molecule has 4 nitrogen and oxygen atoms in total. The van der Waals surface area contributed by atoms with E-state index in [1.54, 1.807) is 6.07 Å². The van der Waals surface area contributed by atoms with Crippen LogP contribution in [-0.2, 0) is 16.6 Å². The molecule has 1 aliphatic carbocycles. The monoisotopic (exact) mass is 413 g/mol. The van der Waals surface area contributed by atoms with Crippen molar-refractivity contribution in [2.24, 2.45) is 0 Å².